The third kappa shape index (κ3) is 36.3. The lowest BCUT2D eigenvalue weighted by atomic mass is 10.2. The zero-order valence-electron chi connectivity index (χ0n) is 11.2. The molecular weight excluding hydrogens is 254 g/mol. The molecule has 1 rings (SSSR count). The topological polar surface area (TPSA) is 87.0 Å². The van der Waals surface area contributed by atoms with E-state index in [1.807, 2.05) is 36.4 Å². The van der Waals surface area contributed by atoms with Crippen molar-refractivity contribution in [2.75, 3.05) is 0 Å². The molecule has 0 saturated heterocycles. The number of allylic oxidation sites excluding steroid dienone is 3. The van der Waals surface area contributed by atoms with Gasteiger partial charge in [-0.15, -0.1) is 0 Å². The van der Waals surface area contributed by atoms with Gasteiger partial charge in [0.05, 0.1) is 6.07 Å². The van der Waals surface area contributed by atoms with Gasteiger partial charge in [-0.05, 0) is 11.7 Å². The largest absolute Gasteiger partial charge is 0.652 e. The van der Waals surface area contributed by atoms with Gasteiger partial charge in [0.15, 0.2) is 0 Å². The third-order valence-electron chi connectivity index (χ3n) is 1.29. The number of rotatable bonds is 2. The number of carbonyl (C=O) groups excluding carboxylic acids is 1. The van der Waals surface area contributed by atoms with Gasteiger partial charge in [-0.3, -0.25) is 0 Å². The lowest BCUT2D eigenvalue weighted by Crippen LogP contribution is -2.37. The maximum atomic E-state index is 8.33. The van der Waals surface area contributed by atoms with Crippen molar-refractivity contribution < 1.29 is 15.0 Å². The Labute approximate surface area is 119 Å². The van der Waals surface area contributed by atoms with Crippen molar-refractivity contribution in [3.8, 4) is 6.07 Å². The van der Waals surface area contributed by atoms with Gasteiger partial charge in [0, 0.05) is 6.08 Å². The number of carbonyl (C=O) groups is 1. The van der Waals surface area contributed by atoms with Crippen LogP contribution in [0.25, 0.3) is 6.08 Å². The maximum Gasteiger partial charge on any atom is 0.0905 e. The molecule has 0 aromatic heterocycles. The van der Waals surface area contributed by atoms with E-state index in [1.54, 1.807) is 18.2 Å². The minimum atomic E-state index is -2.33. The van der Waals surface area contributed by atoms with E-state index >= 15 is 0 Å². The van der Waals surface area contributed by atoms with Gasteiger partial charge in [0.1, 0.15) is 0 Å². The van der Waals surface area contributed by atoms with E-state index in [0.29, 0.717) is 0 Å². The monoisotopic (exact) mass is 271 g/mol. The summed E-state index contributed by atoms with van der Waals surface area (Å²) in [7, 11) is 0. The van der Waals surface area contributed by atoms with Crippen LogP contribution in [0.2, 0.25) is 0 Å². The quantitative estimate of drug-likeness (QED) is 0.607. The fourth-order valence-electron chi connectivity index (χ4n) is 0.589. The molecule has 106 valence electrons. The lowest BCUT2D eigenvalue weighted by molar-refractivity contribution is -0.415. The van der Waals surface area contributed by atoms with Gasteiger partial charge in [0.25, 0.3) is 0 Å². The van der Waals surface area contributed by atoms with E-state index in [1.165, 1.54) is 11.6 Å². The van der Waals surface area contributed by atoms with E-state index < -0.39 is 6.16 Å². The number of hydrogen-bond acceptors (Lipinski definition) is 4. The van der Waals surface area contributed by atoms with Crippen molar-refractivity contribution >= 4 is 12.2 Å². The average molecular weight is 271 g/mol. The molecule has 0 unspecified atom stereocenters. The second kappa shape index (κ2) is 21.2. The SMILES string of the molecule is C=CC#N.C=CC=C.C=Cc1ccccc1.O=C([O-])[O-]. The first kappa shape index (κ1) is 22.1. The molecule has 1 aromatic carbocycles. The third-order valence-corrected chi connectivity index (χ3v) is 1.29. The molecule has 0 aliphatic carbocycles. The van der Waals surface area contributed by atoms with E-state index in [-0.39, 0.29) is 0 Å². The maximum absolute atomic E-state index is 8.33. The molecule has 0 amide bonds. The predicted octanol–water partition coefficient (Wildman–Crippen LogP) is 1.94. The molecule has 4 heteroatoms. The number of hydrogen-bond donors (Lipinski definition) is 0. The Balaban J connectivity index is -0.000000209. The fourth-order valence-corrected chi connectivity index (χ4v) is 0.589. The van der Waals surface area contributed by atoms with E-state index in [4.69, 9.17) is 20.3 Å². The molecule has 0 aliphatic heterocycles. The molecule has 0 aliphatic rings. The molecular formula is C16H17NO3-2. The normalized spacial score (nSPS) is 6.35. The zero-order chi connectivity index (χ0) is 16.2. The summed E-state index contributed by atoms with van der Waals surface area (Å²) in [6, 6.07) is 11.7. The molecule has 4 nitrogen and oxygen atoms in total. The van der Waals surface area contributed by atoms with Gasteiger partial charge in [-0.2, -0.15) is 5.26 Å². The molecule has 0 saturated carbocycles. The molecule has 0 fully saturated rings. The van der Waals surface area contributed by atoms with Crippen LogP contribution in [0.5, 0.6) is 0 Å². The minimum Gasteiger partial charge on any atom is -0.652 e. The Morgan fingerprint density at radius 1 is 1.05 bits per heavy atom. The first-order valence-electron chi connectivity index (χ1n) is 5.29. The highest BCUT2D eigenvalue weighted by atomic mass is 16.6. The van der Waals surface area contributed by atoms with Gasteiger partial charge < -0.3 is 15.0 Å². The Morgan fingerprint density at radius 2 is 1.40 bits per heavy atom. The van der Waals surface area contributed by atoms with Crippen LogP contribution in [-0.4, -0.2) is 6.16 Å². The fraction of sp³-hybridized carbons (Fsp3) is 0. The summed E-state index contributed by atoms with van der Waals surface area (Å²) in [5.41, 5.74) is 1.17. The Kier molecular flexibility index (Phi) is 23.5. The Hall–Kier alpha value is -3.06. The molecule has 0 bridgehead atoms. The standard InChI is InChI=1S/C8H8.C4H6.C3H3N.CH2O3/c1-2-8-6-4-3-5-7-8;1-3-4-2;1-2-3-4;2-1(3)4/h2-7H,1H2;3-4H,1-2H2;2H,1H2;(H2,2,3,4)/p-2. The van der Waals surface area contributed by atoms with Crippen LogP contribution in [0, 0.1) is 11.3 Å². The summed E-state index contributed by atoms with van der Waals surface area (Å²) in [6.07, 6.45) is 3.96. The molecule has 20 heavy (non-hydrogen) atoms. The van der Waals surface area contributed by atoms with Crippen LogP contribution in [0.1, 0.15) is 5.56 Å². The molecule has 1 aromatic rings. The van der Waals surface area contributed by atoms with Crippen LogP contribution in [0.3, 0.4) is 0 Å². The number of benzene rings is 1. The van der Waals surface area contributed by atoms with Crippen LogP contribution in [0.15, 0.2) is 74.9 Å². The second-order valence-electron chi connectivity index (χ2n) is 2.67. The van der Waals surface area contributed by atoms with Crippen LogP contribution < -0.4 is 10.2 Å². The van der Waals surface area contributed by atoms with Crippen LogP contribution in [0.4, 0.5) is 4.79 Å². The number of nitriles is 1. The zero-order valence-corrected chi connectivity index (χ0v) is 11.2. The Morgan fingerprint density at radius 3 is 1.55 bits per heavy atom. The second-order valence-corrected chi connectivity index (χ2v) is 2.67. The molecule has 0 radical (unpaired) electrons. The van der Waals surface area contributed by atoms with Gasteiger partial charge in [-0.25, -0.2) is 0 Å². The van der Waals surface area contributed by atoms with Crippen molar-refractivity contribution in [2.45, 2.75) is 0 Å². The summed E-state index contributed by atoms with van der Waals surface area (Å²) in [5, 5.41) is 24.2. The summed E-state index contributed by atoms with van der Waals surface area (Å²) < 4.78 is 0. The van der Waals surface area contributed by atoms with Gasteiger partial charge in [0.2, 0.25) is 0 Å². The van der Waals surface area contributed by atoms with Crippen LogP contribution >= 0.6 is 0 Å². The predicted molar refractivity (Wildman–Crippen MR) is 78.1 cm³/mol. The van der Waals surface area contributed by atoms with Crippen molar-refractivity contribution in [1.82, 2.24) is 0 Å². The highest BCUT2D eigenvalue weighted by Gasteiger charge is 1.75. The highest BCUT2D eigenvalue weighted by Crippen LogP contribution is 1.97. The van der Waals surface area contributed by atoms with Crippen molar-refractivity contribution in [3.05, 3.63) is 80.4 Å². The number of carboxylic acid groups (broad SMARTS) is 2. The smallest absolute Gasteiger partial charge is 0.0905 e. The highest BCUT2D eigenvalue weighted by molar-refractivity contribution is 5.47. The summed E-state index contributed by atoms with van der Waals surface area (Å²) in [5.74, 6) is 0. The molecule has 0 spiro atoms. The lowest BCUT2D eigenvalue weighted by Gasteiger charge is -1.96. The summed E-state index contributed by atoms with van der Waals surface area (Å²) >= 11 is 0. The Bertz CT molecular complexity index is 421. The van der Waals surface area contributed by atoms with E-state index in [0.717, 1.165) is 0 Å². The van der Waals surface area contributed by atoms with Crippen LogP contribution in [-0.2, 0) is 0 Å². The molecule has 0 heterocycles. The number of nitrogens with zero attached hydrogens (tertiary/aromatic N) is 1. The molecule has 0 N–H and O–H groups in total. The minimum absolute atomic E-state index is 1.17. The van der Waals surface area contributed by atoms with Crippen molar-refractivity contribution in [3.63, 3.8) is 0 Å². The van der Waals surface area contributed by atoms with Gasteiger partial charge in [-0.1, -0.05) is 74.9 Å². The first-order chi connectivity index (χ1) is 9.49. The summed E-state index contributed by atoms with van der Waals surface area (Å²) in [4.78, 5) is 8.33. The van der Waals surface area contributed by atoms with E-state index in [9.17, 15) is 0 Å². The van der Waals surface area contributed by atoms with E-state index in [2.05, 4.69) is 26.3 Å². The van der Waals surface area contributed by atoms with Crippen molar-refractivity contribution in [1.29, 1.82) is 5.26 Å². The molecule has 0 atom stereocenters. The van der Waals surface area contributed by atoms with Crippen molar-refractivity contribution in [2.24, 2.45) is 0 Å². The average Bonchev–Trinajstić information content (AvgIpc) is 2.48. The first-order valence-corrected chi connectivity index (χ1v) is 5.29. The van der Waals surface area contributed by atoms with Gasteiger partial charge >= 0.3 is 0 Å². The summed E-state index contributed by atoms with van der Waals surface area (Å²) in [6.45, 7) is 13.5.